The number of carbonyl (C=O) groups is 2. The van der Waals surface area contributed by atoms with Gasteiger partial charge in [-0.05, 0) is 61.9 Å². The molecule has 0 aliphatic carbocycles. The van der Waals surface area contributed by atoms with Gasteiger partial charge in [0.25, 0.3) is 11.8 Å². The van der Waals surface area contributed by atoms with Gasteiger partial charge in [0.05, 0.1) is 5.52 Å². The number of fused-ring (bicyclic) bond motifs is 1. The van der Waals surface area contributed by atoms with Crippen LogP contribution >= 0.6 is 0 Å². The first-order valence-corrected chi connectivity index (χ1v) is 10.1. The molecule has 29 heavy (non-hydrogen) atoms. The van der Waals surface area contributed by atoms with E-state index in [4.69, 9.17) is 0 Å². The molecule has 2 amide bonds. The minimum Gasteiger partial charge on any atom is -0.337 e. The zero-order valence-corrected chi connectivity index (χ0v) is 17.1. The Morgan fingerprint density at radius 1 is 1.07 bits per heavy atom. The number of rotatable bonds is 3. The quantitative estimate of drug-likeness (QED) is 0.733. The van der Waals surface area contributed by atoms with Gasteiger partial charge < -0.3 is 10.2 Å². The molecule has 0 unspecified atom stereocenters. The van der Waals surface area contributed by atoms with Crippen LogP contribution in [0, 0.1) is 19.8 Å². The summed E-state index contributed by atoms with van der Waals surface area (Å²) in [6, 6.07) is 11.3. The van der Waals surface area contributed by atoms with Gasteiger partial charge in [-0.25, -0.2) is 4.98 Å². The Kier molecular flexibility index (Phi) is 5.09. The van der Waals surface area contributed by atoms with Gasteiger partial charge in [-0.3, -0.25) is 14.0 Å². The number of amides is 2. The minimum absolute atomic E-state index is 0.105. The lowest BCUT2D eigenvalue weighted by Crippen LogP contribution is -2.38. The van der Waals surface area contributed by atoms with E-state index in [1.807, 2.05) is 55.1 Å². The lowest BCUT2D eigenvalue weighted by atomic mass is 9.99. The molecule has 0 spiro atoms. The zero-order chi connectivity index (χ0) is 20.5. The molecule has 6 nitrogen and oxygen atoms in total. The molecule has 2 aromatic heterocycles. The van der Waals surface area contributed by atoms with Gasteiger partial charge in [-0.2, -0.15) is 0 Å². The second-order valence-corrected chi connectivity index (χ2v) is 7.92. The normalized spacial score (nSPS) is 14.9. The van der Waals surface area contributed by atoms with Gasteiger partial charge >= 0.3 is 0 Å². The highest BCUT2D eigenvalue weighted by atomic mass is 16.2. The first-order chi connectivity index (χ1) is 14.0. The van der Waals surface area contributed by atoms with Crippen molar-refractivity contribution in [2.45, 2.75) is 33.6 Å². The van der Waals surface area contributed by atoms with Crippen molar-refractivity contribution in [1.82, 2.24) is 14.3 Å². The van der Waals surface area contributed by atoms with Crippen LogP contribution in [-0.2, 0) is 0 Å². The number of nitrogens with zero attached hydrogens (tertiary/aromatic N) is 3. The smallest absolute Gasteiger partial charge is 0.292 e. The fourth-order valence-corrected chi connectivity index (χ4v) is 3.78. The Morgan fingerprint density at radius 2 is 1.83 bits per heavy atom. The van der Waals surface area contributed by atoms with Crippen LogP contribution in [0.25, 0.3) is 5.52 Å². The van der Waals surface area contributed by atoms with E-state index >= 15 is 0 Å². The molecule has 1 aliphatic rings. The number of aryl methyl sites for hydroxylation is 1. The first-order valence-electron chi connectivity index (χ1n) is 10.1. The number of imidazole rings is 1. The van der Waals surface area contributed by atoms with Crippen molar-refractivity contribution in [2.75, 3.05) is 18.4 Å². The molecule has 1 aromatic carbocycles. The van der Waals surface area contributed by atoms with Crippen molar-refractivity contribution in [1.29, 1.82) is 0 Å². The summed E-state index contributed by atoms with van der Waals surface area (Å²) in [6.07, 6.45) is 3.77. The fourth-order valence-electron chi connectivity index (χ4n) is 3.78. The maximum absolute atomic E-state index is 13.1. The highest BCUT2D eigenvalue weighted by molar-refractivity contribution is 6.06. The summed E-state index contributed by atoms with van der Waals surface area (Å²) in [7, 11) is 0. The number of pyridine rings is 1. The molecule has 3 aromatic rings. The van der Waals surface area contributed by atoms with E-state index in [-0.39, 0.29) is 17.6 Å². The number of piperidine rings is 1. The van der Waals surface area contributed by atoms with E-state index in [2.05, 4.69) is 17.2 Å². The third kappa shape index (κ3) is 3.62. The van der Waals surface area contributed by atoms with Crippen LogP contribution in [0.5, 0.6) is 0 Å². The van der Waals surface area contributed by atoms with E-state index < -0.39 is 0 Å². The number of aromatic nitrogens is 2. The predicted molar refractivity (Wildman–Crippen MR) is 113 cm³/mol. The molecule has 0 atom stereocenters. The van der Waals surface area contributed by atoms with Crippen LogP contribution in [0.15, 0.2) is 42.6 Å². The highest BCUT2D eigenvalue weighted by Crippen LogP contribution is 2.22. The summed E-state index contributed by atoms with van der Waals surface area (Å²) >= 11 is 0. The molecule has 1 aliphatic heterocycles. The summed E-state index contributed by atoms with van der Waals surface area (Å²) < 4.78 is 1.69. The average molecular weight is 390 g/mol. The van der Waals surface area contributed by atoms with Crippen LogP contribution in [-0.4, -0.2) is 39.2 Å². The average Bonchev–Trinajstić information content (AvgIpc) is 3.11. The van der Waals surface area contributed by atoms with Crippen molar-refractivity contribution < 1.29 is 9.59 Å². The molecule has 0 bridgehead atoms. The monoisotopic (exact) mass is 390 g/mol. The number of anilines is 1. The van der Waals surface area contributed by atoms with Crippen molar-refractivity contribution in [3.63, 3.8) is 0 Å². The maximum Gasteiger partial charge on any atom is 0.292 e. The molecule has 1 fully saturated rings. The first kappa shape index (κ1) is 19.2. The number of likely N-dealkylation sites (tertiary alicyclic amines) is 1. The molecule has 4 rings (SSSR count). The second-order valence-electron chi connectivity index (χ2n) is 7.92. The van der Waals surface area contributed by atoms with Crippen LogP contribution in [0.1, 0.15) is 52.0 Å². The van der Waals surface area contributed by atoms with Gasteiger partial charge in [0, 0.05) is 25.0 Å². The van der Waals surface area contributed by atoms with Gasteiger partial charge in [0.2, 0.25) is 5.82 Å². The molecule has 150 valence electrons. The van der Waals surface area contributed by atoms with Gasteiger partial charge in [-0.15, -0.1) is 0 Å². The Bertz CT molecular complexity index is 1080. The zero-order valence-electron chi connectivity index (χ0n) is 17.1. The van der Waals surface area contributed by atoms with E-state index in [1.165, 1.54) is 0 Å². The number of benzene rings is 1. The van der Waals surface area contributed by atoms with Crippen molar-refractivity contribution in [2.24, 2.45) is 5.92 Å². The standard InChI is InChI=1S/C23H26N4O2/c1-15-10-13-26(14-11-15)23(29)20-19-9-4-5-12-27(19)21(25-20)22(28)24-18-8-6-7-16(2)17(18)3/h4-9,12,15H,10-11,13-14H2,1-3H3,(H,24,28). The summed E-state index contributed by atoms with van der Waals surface area (Å²) in [5, 5.41) is 2.95. The Hall–Kier alpha value is -3.15. The van der Waals surface area contributed by atoms with E-state index in [0.29, 0.717) is 17.1 Å². The largest absolute Gasteiger partial charge is 0.337 e. The summed E-state index contributed by atoms with van der Waals surface area (Å²) in [5.41, 5.74) is 3.86. The maximum atomic E-state index is 13.1. The summed E-state index contributed by atoms with van der Waals surface area (Å²) in [4.78, 5) is 32.5. The summed E-state index contributed by atoms with van der Waals surface area (Å²) in [6.45, 7) is 7.66. The topological polar surface area (TPSA) is 66.7 Å². The van der Waals surface area contributed by atoms with Crippen LogP contribution in [0.2, 0.25) is 0 Å². The third-order valence-electron chi connectivity index (χ3n) is 5.88. The van der Waals surface area contributed by atoms with Crippen molar-refractivity contribution >= 4 is 23.0 Å². The number of nitrogens with one attached hydrogen (secondary N) is 1. The van der Waals surface area contributed by atoms with Crippen LogP contribution in [0.3, 0.4) is 0 Å². The van der Waals surface area contributed by atoms with E-state index in [1.54, 1.807) is 10.6 Å². The Balaban J connectivity index is 1.68. The molecule has 1 saturated heterocycles. The molecule has 0 saturated carbocycles. The van der Waals surface area contributed by atoms with Crippen molar-refractivity contribution in [3.05, 3.63) is 65.2 Å². The van der Waals surface area contributed by atoms with Crippen LogP contribution in [0.4, 0.5) is 5.69 Å². The number of carbonyl (C=O) groups excluding carboxylic acids is 2. The van der Waals surface area contributed by atoms with Gasteiger partial charge in [0.1, 0.15) is 0 Å². The number of hydrogen-bond acceptors (Lipinski definition) is 3. The minimum atomic E-state index is -0.328. The molecular formula is C23H26N4O2. The molecule has 0 radical (unpaired) electrons. The number of hydrogen-bond donors (Lipinski definition) is 1. The second kappa shape index (κ2) is 7.70. The van der Waals surface area contributed by atoms with Gasteiger partial charge in [-0.1, -0.05) is 25.1 Å². The van der Waals surface area contributed by atoms with Gasteiger partial charge in [0.15, 0.2) is 5.69 Å². The SMILES string of the molecule is Cc1cccc(NC(=O)c2nc(C(=O)N3CCC(C)CC3)c3ccccn23)c1C. The summed E-state index contributed by atoms with van der Waals surface area (Å²) in [5.74, 6) is 0.421. The third-order valence-corrected chi connectivity index (χ3v) is 5.88. The van der Waals surface area contributed by atoms with Crippen LogP contribution < -0.4 is 5.32 Å². The molecule has 3 heterocycles. The molecule has 1 N–H and O–H groups in total. The van der Waals surface area contributed by atoms with E-state index in [0.717, 1.165) is 42.7 Å². The lowest BCUT2D eigenvalue weighted by molar-refractivity contribution is 0.0694. The highest BCUT2D eigenvalue weighted by Gasteiger charge is 2.27. The Morgan fingerprint density at radius 3 is 2.59 bits per heavy atom. The van der Waals surface area contributed by atoms with E-state index in [9.17, 15) is 9.59 Å². The Labute approximate surface area is 170 Å². The molecular weight excluding hydrogens is 364 g/mol. The fraction of sp³-hybridized carbons (Fsp3) is 0.348. The van der Waals surface area contributed by atoms with Crippen molar-refractivity contribution in [3.8, 4) is 0 Å². The predicted octanol–water partition coefficient (Wildman–Crippen LogP) is 4.08. The molecule has 6 heteroatoms. The lowest BCUT2D eigenvalue weighted by Gasteiger charge is -2.29.